The van der Waals surface area contributed by atoms with E-state index in [-0.39, 0.29) is 5.69 Å². The van der Waals surface area contributed by atoms with Gasteiger partial charge in [0.15, 0.2) is 0 Å². The average Bonchev–Trinajstić information content (AvgIpc) is 2.90. The molecule has 1 aliphatic rings. The standard InChI is InChI=1S/C11H19N3O2/c1-12-10(9-3-6-16-8-9)7-14-5-4-13(2)11(14)15/h4-5,9-10,12H,3,6-8H2,1-2H3. The van der Waals surface area contributed by atoms with Crippen LogP contribution >= 0.6 is 0 Å². The highest BCUT2D eigenvalue weighted by molar-refractivity contribution is 4.85. The highest BCUT2D eigenvalue weighted by atomic mass is 16.5. The molecule has 0 bridgehead atoms. The predicted octanol–water partition coefficient (Wildman–Crippen LogP) is -0.189. The number of hydrogen-bond acceptors (Lipinski definition) is 3. The lowest BCUT2D eigenvalue weighted by Gasteiger charge is -2.21. The summed E-state index contributed by atoms with van der Waals surface area (Å²) in [6.07, 6.45) is 4.70. The van der Waals surface area contributed by atoms with Gasteiger partial charge < -0.3 is 14.6 Å². The molecule has 1 aromatic rings. The highest BCUT2D eigenvalue weighted by Gasteiger charge is 2.25. The number of ether oxygens (including phenoxy) is 1. The molecule has 1 N–H and O–H groups in total. The maximum atomic E-state index is 11.7. The first-order valence-corrected chi connectivity index (χ1v) is 5.69. The van der Waals surface area contributed by atoms with Crippen LogP contribution in [0.4, 0.5) is 0 Å². The molecule has 0 saturated carbocycles. The molecule has 0 radical (unpaired) electrons. The molecule has 1 aliphatic heterocycles. The summed E-state index contributed by atoms with van der Waals surface area (Å²) in [5.74, 6) is 0.511. The normalized spacial score (nSPS) is 22.5. The van der Waals surface area contributed by atoms with Crippen LogP contribution in [0.2, 0.25) is 0 Å². The van der Waals surface area contributed by atoms with Crippen molar-refractivity contribution in [3.8, 4) is 0 Å². The van der Waals surface area contributed by atoms with E-state index in [0.717, 1.165) is 19.6 Å². The van der Waals surface area contributed by atoms with Gasteiger partial charge in [0.05, 0.1) is 6.61 Å². The molecule has 5 nitrogen and oxygen atoms in total. The van der Waals surface area contributed by atoms with Crippen LogP contribution in [0.25, 0.3) is 0 Å². The van der Waals surface area contributed by atoms with E-state index in [0.29, 0.717) is 18.5 Å². The Morgan fingerprint density at radius 2 is 2.44 bits per heavy atom. The molecule has 2 rings (SSSR count). The molecule has 16 heavy (non-hydrogen) atoms. The van der Waals surface area contributed by atoms with E-state index in [4.69, 9.17) is 4.74 Å². The second-order valence-electron chi connectivity index (χ2n) is 4.36. The third kappa shape index (κ3) is 2.20. The van der Waals surface area contributed by atoms with Crippen molar-refractivity contribution in [1.29, 1.82) is 0 Å². The summed E-state index contributed by atoms with van der Waals surface area (Å²) >= 11 is 0. The lowest BCUT2D eigenvalue weighted by atomic mass is 9.99. The number of likely N-dealkylation sites (N-methyl/N-ethyl adjacent to an activating group) is 1. The topological polar surface area (TPSA) is 48.2 Å². The smallest absolute Gasteiger partial charge is 0.327 e. The first-order valence-electron chi connectivity index (χ1n) is 5.69. The van der Waals surface area contributed by atoms with Crippen LogP contribution < -0.4 is 11.0 Å². The molecule has 90 valence electrons. The van der Waals surface area contributed by atoms with E-state index in [1.807, 2.05) is 13.2 Å². The Morgan fingerprint density at radius 1 is 1.62 bits per heavy atom. The zero-order valence-corrected chi connectivity index (χ0v) is 9.85. The second kappa shape index (κ2) is 4.84. The Hall–Kier alpha value is -1.07. The summed E-state index contributed by atoms with van der Waals surface area (Å²) < 4.78 is 8.73. The molecule has 5 heteroatoms. The van der Waals surface area contributed by atoms with Crippen molar-refractivity contribution in [2.75, 3.05) is 20.3 Å². The molecule has 0 aromatic carbocycles. The number of nitrogens with one attached hydrogen (secondary N) is 1. The van der Waals surface area contributed by atoms with Crippen LogP contribution in [0.5, 0.6) is 0 Å². The lowest BCUT2D eigenvalue weighted by Crippen LogP contribution is -2.40. The van der Waals surface area contributed by atoms with Crippen molar-refractivity contribution < 1.29 is 4.74 Å². The summed E-state index contributed by atoms with van der Waals surface area (Å²) in [5, 5.41) is 3.28. The molecule has 1 saturated heterocycles. The highest BCUT2D eigenvalue weighted by Crippen LogP contribution is 2.17. The number of aromatic nitrogens is 2. The van der Waals surface area contributed by atoms with Gasteiger partial charge in [0, 0.05) is 44.6 Å². The van der Waals surface area contributed by atoms with Crippen LogP contribution in [0.1, 0.15) is 6.42 Å². The van der Waals surface area contributed by atoms with Crippen molar-refractivity contribution in [2.45, 2.75) is 19.0 Å². The van der Waals surface area contributed by atoms with Gasteiger partial charge in [0.2, 0.25) is 0 Å². The Morgan fingerprint density at radius 3 is 2.94 bits per heavy atom. The van der Waals surface area contributed by atoms with Crippen LogP contribution in [0.15, 0.2) is 17.2 Å². The first kappa shape index (κ1) is 11.4. The minimum atomic E-state index is 0.0409. The van der Waals surface area contributed by atoms with Gasteiger partial charge in [0.1, 0.15) is 0 Å². The molecule has 0 amide bonds. The van der Waals surface area contributed by atoms with Gasteiger partial charge in [-0.3, -0.25) is 4.57 Å². The number of hydrogen-bond donors (Lipinski definition) is 1. The first-order chi connectivity index (χ1) is 7.72. The maximum absolute atomic E-state index is 11.7. The second-order valence-corrected chi connectivity index (χ2v) is 4.36. The summed E-state index contributed by atoms with van der Waals surface area (Å²) in [7, 11) is 3.71. The van der Waals surface area contributed by atoms with Gasteiger partial charge in [-0.05, 0) is 13.5 Å². The van der Waals surface area contributed by atoms with E-state index < -0.39 is 0 Å². The van der Waals surface area contributed by atoms with Gasteiger partial charge in [-0.2, -0.15) is 0 Å². The fourth-order valence-corrected chi connectivity index (χ4v) is 2.21. The molecule has 2 heterocycles. The fraction of sp³-hybridized carbons (Fsp3) is 0.727. The Bertz CT molecular complexity index is 390. The maximum Gasteiger partial charge on any atom is 0.327 e. The summed E-state index contributed by atoms with van der Waals surface area (Å²) in [6, 6.07) is 0.308. The fourth-order valence-electron chi connectivity index (χ4n) is 2.21. The van der Waals surface area contributed by atoms with Crippen LogP contribution in [-0.2, 0) is 18.3 Å². The van der Waals surface area contributed by atoms with Crippen LogP contribution in [0.3, 0.4) is 0 Å². The monoisotopic (exact) mass is 225 g/mol. The Labute approximate surface area is 95.0 Å². The minimum absolute atomic E-state index is 0.0409. The van der Waals surface area contributed by atoms with Gasteiger partial charge >= 0.3 is 5.69 Å². The largest absolute Gasteiger partial charge is 0.381 e. The SMILES string of the molecule is CNC(Cn1ccn(C)c1=O)C1CCOC1. The van der Waals surface area contributed by atoms with Gasteiger partial charge in [-0.1, -0.05) is 0 Å². The summed E-state index contributed by atoms with van der Waals surface area (Å²) in [5.41, 5.74) is 0.0409. The van der Waals surface area contributed by atoms with Crippen molar-refractivity contribution in [3.63, 3.8) is 0 Å². The summed E-state index contributed by atoms with van der Waals surface area (Å²) in [6.45, 7) is 2.35. The Balaban J connectivity index is 2.06. The number of imidazole rings is 1. The Kier molecular flexibility index (Phi) is 3.46. The zero-order valence-electron chi connectivity index (χ0n) is 9.85. The predicted molar refractivity (Wildman–Crippen MR) is 61.4 cm³/mol. The van der Waals surface area contributed by atoms with Crippen molar-refractivity contribution in [3.05, 3.63) is 22.9 Å². The van der Waals surface area contributed by atoms with Crippen LogP contribution in [-0.4, -0.2) is 35.4 Å². The molecule has 0 spiro atoms. The molecule has 0 aliphatic carbocycles. The third-order valence-electron chi connectivity index (χ3n) is 3.32. The van der Waals surface area contributed by atoms with E-state index >= 15 is 0 Å². The van der Waals surface area contributed by atoms with Crippen molar-refractivity contribution in [2.24, 2.45) is 13.0 Å². The number of nitrogens with zero attached hydrogens (tertiary/aromatic N) is 2. The van der Waals surface area contributed by atoms with Gasteiger partial charge in [-0.15, -0.1) is 0 Å². The van der Waals surface area contributed by atoms with E-state index in [2.05, 4.69) is 5.32 Å². The number of rotatable bonds is 4. The summed E-state index contributed by atoms with van der Waals surface area (Å²) in [4.78, 5) is 11.7. The van der Waals surface area contributed by atoms with Gasteiger partial charge in [0.25, 0.3) is 0 Å². The zero-order chi connectivity index (χ0) is 11.5. The minimum Gasteiger partial charge on any atom is -0.381 e. The van der Waals surface area contributed by atoms with E-state index in [1.54, 1.807) is 22.4 Å². The lowest BCUT2D eigenvalue weighted by molar-refractivity contribution is 0.175. The average molecular weight is 225 g/mol. The quantitative estimate of drug-likeness (QED) is 0.773. The van der Waals surface area contributed by atoms with E-state index in [9.17, 15) is 4.79 Å². The van der Waals surface area contributed by atoms with Crippen molar-refractivity contribution in [1.82, 2.24) is 14.5 Å². The van der Waals surface area contributed by atoms with Gasteiger partial charge in [-0.25, -0.2) is 4.79 Å². The van der Waals surface area contributed by atoms with Crippen LogP contribution in [0, 0.1) is 5.92 Å². The molecule has 2 atom stereocenters. The molecule has 2 unspecified atom stereocenters. The van der Waals surface area contributed by atoms with E-state index in [1.165, 1.54) is 0 Å². The molecule has 1 aromatic heterocycles. The van der Waals surface area contributed by atoms with Crippen molar-refractivity contribution >= 4 is 0 Å². The third-order valence-corrected chi connectivity index (χ3v) is 3.32. The molecular weight excluding hydrogens is 206 g/mol. The molecule has 1 fully saturated rings. The molecular formula is C11H19N3O2. The number of aryl methyl sites for hydroxylation is 1.